The van der Waals surface area contributed by atoms with Crippen LogP contribution in [0.15, 0.2) is 24.5 Å². The molecule has 0 aromatic carbocycles. The molecular formula is C13H17N3O2. The van der Waals surface area contributed by atoms with Gasteiger partial charge in [0.05, 0.1) is 6.54 Å². The van der Waals surface area contributed by atoms with E-state index in [1.165, 1.54) is 0 Å². The highest BCUT2D eigenvalue weighted by Crippen LogP contribution is 2.29. The van der Waals surface area contributed by atoms with Gasteiger partial charge in [-0.2, -0.15) is 0 Å². The van der Waals surface area contributed by atoms with E-state index >= 15 is 0 Å². The van der Waals surface area contributed by atoms with Gasteiger partial charge < -0.3 is 10.1 Å². The number of hydrogen-bond acceptors (Lipinski definition) is 4. The fourth-order valence-corrected chi connectivity index (χ4v) is 2.69. The highest BCUT2D eigenvalue weighted by molar-refractivity contribution is 5.70. The second kappa shape index (κ2) is 4.57. The molecule has 1 aromatic heterocycles. The number of ether oxygens (including phenoxy) is 1. The molecule has 5 heteroatoms. The van der Waals surface area contributed by atoms with Gasteiger partial charge in [-0.05, 0) is 37.1 Å². The van der Waals surface area contributed by atoms with Crippen molar-refractivity contribution in [2.45, 2.75) is 25.0 Å². The SMILES string of the molecule is O=C1OC2(CCCNC2)CN1Cc1ccncc1. The average Bonchev–Trinajstić information content (AvgIpc) is 2.68. The third-order valence-corrected chi connectivity index (χ3v) is 3.60. The zero-order valence-corrected chi connectivity index (χ0v) is 10.3. The summed E-state index contributed by atoms with van der Waals surface area (Å²) in [4.78, 5) is 17.7. The fourth-order valence-electron chi connectivity index (χ4n) is 2.69. The van der Waals surface area contributed by atoms with Crippen LogP contribution in [-0.2, 0) is 11.3 Å². The van der Waals surface area contributed by atoms with Gasteiger partial charge in [0.25, 0.3) is 0 Å². The molecule has 96 valence electrons. The van der Waals surface area contributed by atoms with E-state index in [-0.39, 0.29) is 11.7 Å². The fraction of sp³-hybridized carbons (Fsp3) is 0.538. The van der Waals surface area contributed by atoms with Crippen LogP contribution in [0.4, 0.5) is 4.79 Å². The number of amides is 1. The Labute approximate surface area is 106 Å². The number of aromatic nitrogens is 1. The minimum atomic E-state index is -0.303. The van der Waals surface area contributed by atoms with Gasteiger partial charge in [0.1, 0.15) is 5.60 Å². The Bertz CT molecular complexity index is 429. The third-order valence-electron chi connectivity index (χ3n) is 3.60. The maximum absolute atomic E-state index is 11.9. The molecule has 3 rings (SSSR count). The molecule has 0 bridgehead atoms. The molecule has 5 nitrogen and oxygen atoms in total. The molecule has 18 heavy (non-hydrogen) atoms. The van der Waals surface area contributed by atoms with Gasteiger partial charge in [0, 0.05) is 25.5 Å². The lowest BCUT2D eigenvalue weighted by molar-refractivity contribution is 0.0366. The Morgan fingerprint density at radius 3 is 3.00 bits per heavy atom. The molecule has 1 atom stereocenters. The summed E-state index contributed by atoms with van der Waals surface area (Å²) < 4.78 is 5.58. The number of hydrogen-bond donors (Lipinski definition) is 1. The summed E-state index contributed by atoms with van der Waals surface area (Å²) in [6.07, 6.45) is 5.31. The van der Waals surface area contributed by atoms with Gasteiger partial charge in [0.2, 0.25) is 0 Å². The van der Waals surface area contributed by atoms with Crippen molar-refractivity contribution in [3.8, 4) is 0 Å². The molecule has 2 fully saturated rings. The highest BCUT2D eigenvalue weighted by atomic mass is 16.6. The van der Waals surface area contributed by atoms with Crippen LogP contribution < -0.4 is 5.32 Å². The number of pyridine rings is 1. The number of carbonyl (C=O) groups excluding carboxylic acids is 1. The molecule has 1 N–H and O–H groups in total. The molecule has 1 amide bonds. The van der Waals surface area contributed by atoms with Crippen LogP contribution in [0.2, 0.25) is 0 Å². The van der Waals surface area contributed by atoms with Crippen LogP contribution in [0.25, 0.3) is 0 Å². The second-order valence-electron chi connectivity index (χ2n) is 5.04. The predicted molar refractivity (Wildman–Crippen MR) is 66.0 cm³/mol. The van der Waals surface area contributed by atoms with Crippen LogP contribution >= 0.6 is 0 Å². The minimum absolute atomic E-state index is 0.199. The predicted octanol–water partition coefficient (Wildman–Crippen LogP) is 1.16. The Balaban J connectivity index is 1.69. The Morgan fingerprint density at radius 2 is 2.28 bits per heavy atom. The van der Waals surface area contributed by atoms with Gasteiger partial charge >= 0.3 is 6.09 Å². The minimum Gasteiger partial charge on any atom is -0.440 e. The topological polar surface area (TPSA) is 54.5 Å². The summed E-state index contributed by atoms with van der Waals surface area (Å²) in [5.74, 6) is 0. The van der Waals surface area contributed by atoms with Gasteiger partial charge in [-0.15, -0.1) is 0 Å². The van der Waals surface area contributed by atoms with Crippen molar-refractivity contribution >= 4 is 6.09 Å². The van der Waals surface area contributed by atoms with E-state index in [2.05, 4.69) is 10.3 Å². The molecular weight excluding hydrogens is 230 g/mol. The van der Waals surface area contributed by atoms with Crippen molar-refractivity contribution in [3.05, 3.63) is 30.1 Å². The van der Waals surface area contributed by atoms with Crippen molar-refractivity contribution in [2.75, 3.05) is 19.6 Å². The van der Waals surface area contributed by atoms with Crippen LogP contribution in [0.3, 0.4) is 0 Å². The quantitative estimate of drug-likeness (QED) is 0.852. The van der Waals surface area contributed by atoms with Crippen LogP contribution in [0.5, 0.6) is 0 Å². The van der Waals surface area contributed by atoms with Crippen LogP contribution in [0.1, 0.15) is 18.4 Å². The second-order valence-corrected chi connectivity index (χ2v) is 5.04. The maximum atomic E-state index is 11.9. The monoisotopic (exact) mass is 247 g/mol. The number of carbonyl (C=O) groups is 1. The van der Waals surface area contributed by atoms with Gasteiger partial charge in [-0.25, -0.2) is 4.79 Å². The van der Waals surface area contributed by atoms with Gasteiger partial charge in [-0.1, -0.05) is 0 Å². The summed E-state index contributed by atoms with van der Waals surface area (Å²) in [6, 6.07) is 3.86. The van der Waals surface area contributed by atoms with E-state index in [9.17, 15) is 4.79 Å². The number of piperidine rings is 1. The molecule has 2 aliphatic rings. The van der Waals surface area contributed by atoms with E-state index in [0.29, 0.717) is 13.1 Å². The smallest absolute Gasteiger partial charge is 0.410 e. The van der Waals surface area contributed by atoms with Crippen molar-refractivity contribution in [3.63, 3.8) is 0 Å². The number of rotatable bonds is 2. The summed E-state index contributed by atoms with van der Waals surface area (Å²) >= 11 is 0. The summed E-state index contributed by atoms with van der Waals surface area (Å²) in [7, 11) is 0. The zero-order chi connectivity index (χ0) is 12.4. The summed E-state index contributed by atoms with van der Waals surface area (Å²) in [5.41, 5.74) is 0.783. The molecule has 0 aliphatic carbocycles. The van der Waals surface area contributed by atoms with Crippen molar-refractivity contribution in [1.82, 2.24) is 15.2 Å². The van der Waals surface area contributed by atoms with E-state index in [0.717, 1.165) is 31.5 Å². The lowest BCUT2D eigenvalue weighted by Crippen LogP contribution is -2.48. The van der Waals surface area contributed by atoms with E-state index in [1.807, 2.05) is 12.1 Å². The summed E-state index contributed by atoms with van der Waals surface area (Å²) in [5, 5.41) is 3.31. The van der Waals surface area contributed by atoms with Crippen LogP contribution in [-0.4, -0.2) is 41.2 Å². The van der Waals surface area contributed by atoms with Gasteiger partial charge in [0.15, 0.2) is 0 Å². The van der Waals surface area contributed by atoms with E-state index in [1.54, 1.807) is 17.3 Å². The molecule has 2 aliphatic heterocycles. The Hall–Kier alpha value is -1.62. The third kappa shape index (κ3) is 2.18. The lowest BCUT2D eigenvalue weighted by atomic mass is 9.94. The molecule has 3 heterocycles. The first-order chi connectivity index (χ1) is 8.77. The standard InChI is InChI=1S/C13H17N3O2/c17-12-16(8-11-2-6-14-7-3-11)10-13(18-12)4-1-5-15-9-13/h2-3,6-7,15H,1,4-5,8-10H2. The normalized spacial score (nSPS) is 27.6. The Kier molecular flexibility index (Phi) is 2.91. The first-order valence-electron chi connectivity index (χ1n) is 6.35. The Morgan fingerprint density at radius 1 is 1.44 bits per heavy atom. The van der Waals surface area contributed by atoms with Crippen molar-refractivity contribution in [1.29, 1.82) is 0 Å². The van der Waals surface area contributed by atoms with E-state index in [4.69, 9.17) is 4.74 Å². The lowest BCUT2D eigenvalue weighted by Gasteiger charge is -2.31. The van der Waals surface area contributed by atoms with Crippen molar-refractivity contribution in [2.24, 2.45) is 0 Å². The maximum Gasteiger partial charge on any atom is 0.410 e. The molecule has 1 spiro atoms. The number of nitrogens with one attached hydrogen (secondary N) is 1. The molecule has 1 unspecified atom stereocenters. The molecule has 1 aromatic rings. The molecule has 0 radical (unpaired) electrons. The molecule has 2 saturated heterocycles. The van der Waals surface area contributed by atoms with E-state index < -0.39 is 0 Å². The van der Waals surface area contributed by atoms with Crippen molar-refractivity contribution < 1.29 is 9.53 Å². The summed E-state index contributed by atoms with van der Waals surface area (Å²) in [6.45, 7) is 3.07. The number of nitrogens with zero attached hydrogens (tertiary/aromatic N) is 2. The van der Waals surface area contributed by atoms with Crippen LogP contribution in [0, 0.1) is 0 Å². The molecule has 0 saturated carbocycles. The zero-order valence-electron chi connectivity index (χ0n) is 10.3. The average molecular weight is 247 g/mol. The highest BCUT2D eigenvalue weighted by Gasteiger charge is 2.45. The van der Waals surface area contributed by atoms with Gasteiger partial charge in [-0.3, -0.25) is 9.88 Å². The largest absolute Gasteiger partial charge is 0.440 e. The first-order valence-corrected chi connectivity index (χ1v) is 6.35. The first kappa shape index (κ1) is 11.5.